The average Bonchev–Trinajstić information content (AvgIpc) is 2.62. The van der Waals surface area contributed by atoms with Crippen LogP contribution in [0.1, 0.15) is 26.2 Å². The third kappa shape index (κ3) is 1.57. The number of rotatable bonds is 2. The number of fused-ring (bicyclic) bond motifs is 1. The zero-order chi connectivity index (χ0) is 9.26. The van der Waals surface area contributed by atoms with Gasteiger partial charge >= 0.3 is 5.97 Å². The quantitative estimate of drug-likeness (QED) is 0.599. The molecule has 13 heavy (non-hydrogen) atoms. The zero-order valence-electron chi connectivity index (χ0n) is 8.16. The summed E-state index contributed by atoms with van der Waals surface area (Å²) in [5.41, 5.74) is 0. The second kappa shape index (κ2) is 3.66. The summed E-state index contributed by atoms with van der Waals surface area (Å²) < 4.78 is 5.07. The first kappa shape index (κ1) is 9.00. The third-order valence-electron chi connectivity index (χ3n) is 3.20. The van der Waals surface area contributed by atoms with Crippen molar-refractivity contribution in [1.29, 1.82) is 0 Å². The van der Waals surface area contributed by atoms with Crippen molar-refractivity contribution in [3.63, 3.8) is 0 Å². The van der Waals surface area contributed by atoms with Gasteiger partial charge in [-0.3, -0.25) is 9.69 Å². The molecule has 0 N–H and O–H groups in total. The summed E-state index contributed by atoms with van der Waals surface area (Å²) in [6.45, 7) is 4.66. The minimum absolute atomic E-state index is 0.0249. The smallest absolute Gasteiger partial charge is 0.310 e. The Labute approximate surface area is 79.0 Å². The van der Waals surface area contributed by atoms with E-state index in [2.05, 4.69) is 4.90 Å². The Morgan fingerprint density at radius 2 is 2.31 bits per heavy atom. The van der Waals surface area contributed by atoms with Gasteiger partial charge in [0.1, 0.15) is 0 Å². The summed E-state index contributed by atoms with van der Waals surface area (Å²) in [4.78, 5) is 14.0. The molecule has 2 aliphatic rings. The highest BCUT2D eigenvalue weighted by molar-refractivity contribution is 5.73. The predicted molar refractivity (Wildman–Crippen MR) is 49.3 cm³/mol. The van der Waals surface area contributed by atoms with Crippen molar-refractivity contribution in [2.24, 2.45) is 5.92 Å². The molecule has 1 unspecified atom stereocenters. The van der Waals surface area contributed by atoms with Crippen molar-refractivity contribution < 1.29 is 9.53 Å². The fourth-order valence-corrected chi connectivity index (χ4v) is 2.61. The Hall–Kier alpha value is -0.570. The van der Waals surface area contributed by atoms with E-state index in [0.717, 1.165) is 13.0 Å². The Bertz CT molecular complexity index is 205. The molecule has 74 valence electrons. The van der Waals surface area contributed by atoms with Crippen molar-refractivity contribution in [2.45, 2.75) is 32.2 Å². The lowest BCUT2D eigenvalue weighted by Gasteiger charge is -2.18. The van der Waals surface area contributed by atoms with E-state index in [9.17, 15) is 4.79 Å². The van der Waals surface area contributed by atoms with Gasteiger partial charge in [-0.2, -0.15) is 0 Å². The van der Waals surface area contributed by atoms with Gasteiger partial charge in [-0.1, -0.05) is 0 Å². The first-order chi connectivity index (χ1) is 6.33. The molecule has 3 nitrogen and oxygen atoms in total. The standard InChI is InChI=1S/C10H17NO2/c1-2-13-10(12)8-5-7-11-6-3-4-9(8)11/h8-9H,2-7H2,1H3/t8?,9-/m1/s1. The number of ether oxygens (including phenoxy) is 1. The normalized spacial score (nSPS) is 33.3. The van der Waals surface area contributed by atoms with Gasteiger partial charge in [0.05, 0.1) is 12.5 Å². The van der Waals surface area contributed by atoms with E-state index in [1.54, 1.807) is 0 Å². The third-order valence-corrected chi connectivity index (χ3v) is 3.20. The van der Waals surface area contributed by atoms with E-state index in [1.807, 2.05) is 6.92 Å². The number of hydrogen-bond acceptors (Lipinski definition) is 3. The molecule has 0 saturated carbocycles. The van der Waals surface area contributed by atoms with E-state index in [0.29, 0.717) is 12.6 Å². The summed E-state index contributed by atoms with van der Waals surface area (Å²) in [5, 5.41) is 0. The van der Waals surface area contributed by atoms with Gasteiger partial charge in [-0.15, -0.1) is 0 Å². The first-order valence-corrected chi connectivity index (χ1v) is 5.23. The van der Waals surface area contributed by atoms with Crippen molar-refractivity contribution in [1.82, 2.24) is 4.90 Å². The summed E-state index contributed by atoms with van der Waals surface area (Å²) in [6.07, 6.45) is 3.44. The molecule has 0 bridgehead atoms. The van der Waals surface area contributed by atoms with Crippen LogP contribution in [0.3, 0.4) is 0 Å². The number of carbonyl (C=O) groups is 1. The van der Waals surface area contributed by atoms with E-state index in [-0.39, 0.29) is 11.9 Å². The molecule has 0 aromatic rings. The van der Waals surface area contributed by atoms with Crippen LogP contribution < -0.4 is 0 Å². The lowest BCUT2D eigenvalue weighted by atomic mass is 9.99. The number of carbonyl (C=O) groups excluding carboxylic acids is 1. The molecule has 3 heteroatoms. The van der Waals surface area contributed by atoms with E-state index >= 15 is 0 Å². The first-order valence-electron chi connectivity index (χ1n) is 5.23. The van der Waals surface area contributed by atoms with Crippen molar-refractivity contribution in [2.75, 3.05) is 19.7 Å². The lowest BCUT2D eigenvalue weighted by molar-refractivity contribution is -0.148. The van der Waals surface area contributed by atoms with Crippen LogP contribution in [0.25, 0.3) is 0 Å². The Morgan fingerprint density at radius 1 is 1.46 bits per heavy atom. The largest absolute Gasteiger partial charge is 0.466 e. The molecule has 0 aliphatic carbocycles. The van der Waals surface area contributed by atoms with Gasteiger partial charge in [-0.05, 0) is 39.3 Å². The number of hydrogen-bond donors (Lipinski definition) is 0. The maximum atomic E-state index is 11.5. The minimum atomic E-state index is 0.0249. The van der Waals surface area contributed by atoms with Gasteiger partial charge < -0.3 is 4.74 Å². The summed E-state index contributed by atoms with van der Waals surface area (Å²) in [5.74, 6) is 0.194. The van der Waals surface area contributed by atoms with Crippen LogP contribution in [0, 0.1) is 5.92 Å². The molecule has 2 aliphatic heterocycles. The maximum absolute atomic E-state index is 11.5. The molecule has 0 amide bonds. The Kier molecular flexibility index (Phi) is 2.54. The van der Waals surface area contributed by atoms with Crippen LogP contribution in [0.15, 0.2) is 0 Å². The van der Waals surface area contributed by atoms with E-state index < -0.39 is 0 Å². The summed E-state index contributed by atoms with van der Waals surface area (Å²) in [7, 11) is 0. The van der Waals surface area contributed by atoms with Crippen LogP contribution in [0.5, 0.6) is 0 Å². The SMILES string of the molecule is CCOC(=O)C1CCN2CCC[C@H]12. The monoisotopic (exact) mass is 183 g/mol. The molecule has 2 heterocycles. The van der Waals surface area contributed by atoms with Crippen molar-refractivity contribution in [3.8, 4) is 0 Å². The second-order valence-electron chi connectivity index (χ2n) is 3.89. The summed E-state index contributed by atoms with van der Waals surface area (Å²) in [6, 6.07) is 0.499. The van der Waals surface area contributed by atoms with Crippen molar-refractivity contribution >= 4 is 5.97 Å². The topological polar surface area (TPSA) is 29.5 Å². The van der Waals surface area contributed by atoms with Crippen LogP contribution in [0.4, 0.5) is 0 Å². The molecular formula is C10H17NO2. The number of esters is 1. The fourth-order valence-electron chi connectivity index (χ4n) is 2.61. The second-order valence-corrected chi connectivity index (χ2v) is 3.89. The fraction of sp³-hybridized carbons (Fsp3) is 0.900. The van der Waals surface area contributed by atoms with Gasteiger partial charge in [-0.25, -0.2) is 0 Å². The van der Waals surface area contributed by atoms with Crippen LogP contribution in [-0.2, 0) is 9.53 Å². The van der Waals surface area contributed by atoms with Gasteiger partial charge in [0.25, 0.3) is 0 Å². The van der Waals surface area contributed by atoms with E-state index in [1.165, 1.54) is 19.4 Å². The molecule has 2 fully saturated rings. The zero-order valence-corrected chi connectivity index (χ0v) is 8.16. The molecule has 0 spiro atoms. The predicted octanol–water partition coefficient (Wildman–Crippen LogP) is 1.03. The molecule has 2 atom stereocenters. The number of nitrogens with zero attached hydrogens (tertiary/aromatic N) is 1. The molecule has 0 aromatic carbocycles. The van der Waals surface area contributed by atoms with Crippen LogP contribution in [0.2, 0.25) is 0 Å². The molecule has 0 aromatic heterocycles. The Morgan fingerprint density at radius 3 is 3.08 bits per heavy atom. The average molecular weight is 183 g/mol. The molecule has 2 rings (SSSR count). The molecular weight excluding hydrogens is 166 g/mol. The van der Waals surface area contributed by atoms with Crippen molar-refractivity contribution in [3.05, 3.63) is 0 Å². The Balaban J connectivity index is 1.96. The van der Waals surface area contributed by atoms with Gasteiger partial charge in [0, 0.05) is 6.04 Å². The molecule has 0 radical (unpaired) electrons. The summed E-state index contributed by atoms with van der Waals surface area (Å²) >= 11 is 0. The van der Waals surface area contributed by atoms with Gasteiger partial charge in [0.2, 0.25) is 0 Å². The van der Waals surface area contributed by atoms with Gasteiger partial charge in [0.15, 0.2) is 0 Å². The van der Waals surface area contributed by atoms with E-state index in [4.69, 9.17) is 4.74 Å². The minimum Gasteiger partial charge on any atom is -0.466 e. The molecule has 2 saturated heterocycles. The highest BCUT2D eigenvalue weighted by Gasteiger charge is 2.41. The van der Waals surface area contributed by atoms with Crippen LogP contribution in [-0.4, -0.2) is 36.6 Å². The van der Waals surface area contributed by atoms with Crippen LogP contribution >= 0.6 is 0 Å². The highest BCUT2D eigenvalue weighted by atomic mass is 16.5. The maximum Gasteiger partial charge on any atom is 0.310 e. The highest BCUT2D eigenvalue weighted by Crippen LogP contribution is 2.33. The lowest BCUT2D eigenvalue weighted by Crippen LogP contribution is -2.31.